The summed E-state index contributed by atoms with van der Waals surface area (Å²) in [5.41, 5.74) is 1.27. The van der Waals surface area contributed by atoms with Crippen LogP contribution in [0.25, 0.3) is 5.69 Å². The number of methoxy groups -OCH3 is 1. The lowest BCUT2D eigenvalue weighted by Crippen LogP contribution is -2.55. The van der Waals surface area contributed by atoms with Gasteiger partial charge >= 0.3 is 0 Å². The van der Waals surface area contributed by atoms with Crippen LogP contribution < -0.4 is 0 Å². The number of amides is 1. The lowest BCUT2D eigenvalue weighted by atomic mass is 10.0. The first-order valence-corrected chi connectivity index (χ1v) is 8.03. The maximum atomic E-state index is 12.8. The van der Waals surface area contributed by atoms with Crippen LogP contribution in [0.1, 0.15) is 24.2 Å². The zero-order valence-corrected chi connectivity index (χ0v) is 14.3. The Morgan fingerprint density at radius 2 is 2.12 bits per heavy atom. The highest BCUT2D eigenvalue weighted by atomic mass is 16.5. The average molecular weight is 329 g/mol. The first-order chi connectivity index (χ1) is 11.5. The molecule has 6 heteroatoms. The number of benzene rings is 1. The van der Waals surface area contributed by atoms with Crippen molar-refractivity contribution in [3.8, 4) is 5.69 Å². The molecule has 2 aromatic rings. The lowest BCUT2D eigenvalue weighted by molar-refractivity contribution is -0.143. The van der Waals surface area contributed by atoms with Gasteiger partial charge in [0.15, 0.2) is 0 Å². The number of ether oxygens (including phenoxy) is 2. The molecule has 0 radical (unpaired) electrons. The smallest absolute Gasteiger partial charge is 0.254 e. The maximum absolute atomic E-state index is 12.8. The number of hydrogen-bond acceptors (Lipinski definition) is 4. The minimum atomic E-state index is -0.381. The van der Waals surface area contributed by atoms with Crippen molar-refractivity contribution in [3.05, 3.63) is 48.5 Å². The Bertz CT molecular complexity index is 680. The normalized spacial score (nSPS) is 20.1. The van der Waals surface area contributed by atoms with Crippen molar-refractivity contribution < 1.29 is 14.3 Å². The molecule has 0 bridgehead atoms. The molecule has 1 aliphatic rings. The minimum absolute atomic E-state index is 0.0182. The van der Waals surface area contributed by atoms with E-state index >= 15 is 0 Å². The minimum Gasteiger partial charge on any atom is -0.382 e. The van der Waals surface area contributed by atoms with Crippen molar-refractivity contribution in [2.24, 2.45) is 0 Å². The molecule has 3 rings (SSSR count). The van der Waals surface area contributed by atoms with E-state index in [-0.39, 0.29) is 17.6 Å². The molecule has 1 aromatic heterocycles. The van der Waals surface area contributed by atoms with Gasteiger partial charge in [0.2, 0.25) is 0 Å². The van der Waals surface area contributed by atoms with Crippen LogP contribution in [0.5, 0.6) is 0 Å². The molecular formula is C18H23N3O3. The van der Waals surface area contributed by atoms with Crippen LogP contribution in [0.15, 0.2) is 43.0 Å². The predicted molar refractivity (Wildman–Crippen MR) is 90.3 cm³/mol. The number of nitrogens with zero attached hydrogens (tertiary/aromatic N) is 3. The topological polar surface area (TPSA) is 56.6 Å². The van der Waals surface area contributed by atoms with Gasteiger partial charge in [0.1, 0.15) is 0 Å². The fraction of sp³-hybridized carbons (Fsp3) is 0.444. The molecule has 1 atom stereocenters. The highest BCUT2D eigenvalue weighted by Gasteiger charge is 2.35. The van der Waals surface area contributed by atoms with Crippen LogP contribution in [-0.2, 0) is 9.47 Å². The Morgan fingerprint density at radius 1 is 1.38 bits per heavy atom. The van der Waals surface area contributed by atoms with Gasteiger partial charge in [-0.15, -0.1) is 0 Å². The number of imidazole rings is 1. The molecule has 128 valence electrons. The van der Waals surface area contributed by atoms with E-state index in [1.165, 1.54) is 0 Å². The van der Waals surface area contributed by atoms with Gasteiger partial charge in [0, 0.05) is 43.8 Å². The van der Waals surface area contributed by atoms with Crippen molar-refractivity contribution in [2.45, 2.75) is 25.6 Å². The van der Waals surface area contributed by atoms with E-state index in [1.54, 1.807) is 19.6 Å². The summed E-state index contributed by atoms with van der Waals surface area (Å²) in [6.07, 6.45) is 5.23. The number of rotatable bonds is 4. The van der Waals surface area contributed by atoms with Gasteiger partial charge in [0.25, 0.3) is 5.91 Å². The van der Waals surface area contributed by atoms with E-state index in [0.717, 1.165) is 5.69 Å². The van der Waals surface area contributed by atoms with Gasteiger partial charge in [-0.25, -0.2) is 4.98 Å². The largest absolute Gasteiger partial charge is 0.382 e. The summed E-state index contributed by atoms with van der Waals surface area (Å²) in [7, 11) is 1.64. The molecule has 0 unspecified atom stereocenters. The maximum Gasteiger partial charge on any atom is 0.254 e. The lowest BCUT2D eigenvalue weighted by Gasteiger charge is -2.42. The third-order valence-electron chi connectivity index (χ3n) is 4.04. The zero-order chi connectivity index (χ0) is 17.2. The van der Waals surface area contributed by atoms with Gasteiger partial charge in [-0.1, -0.05) is 0 Å². The van der Waals surface area contributed by atoms with Gasteiger partial charge in [-0.05, 0) is 38.1 Å². The fourth-order valence-electron chi connectivity index (χ4n) is 3.09. The quantitative estimate of drug-likeness (QED) is 0.862. The first kappa shape index (κ1) is 16.7. The molecule has 24 heavy (non-hydrogen) atoms. The molecule has 6 nitrogen and oxygen atoms in total. The van der Waals surface area contributed by atoms with Crippen molar-refractivity contribution >= 4 is 5.91 Å². The number of hydrogen-bond donors (Lipinski definition) is 0. The van der Waals surface area contributed by atoms with Gasteiger partial charge in [0.05, 0.1) is 24.6 Å². The molecule has 0 N–H and O–H groups in total. The van der Waals surface area contributed by atoms with Crippen LogP contribution >= 0.6 is 0 Å². The molecule has 1 aliphatic heterocycles. The predicted octanol–water partition coefficient (Wildman–Crippen LogP) is 2.14. The van der Waals surface area contributed by atoms with Crippen LogP contribution in [0.2, 0.25) is 0 Å². The molecule has 0 saturated carbocycles. The average Bonchev–Trinajstić information content (AvgIpc) is 3.07. The Labute approximate surface area is 142 Å². The van der Waals surface area contributed by atoms with Crippen molar-refractivity contribution in [1.82, 2.24) is 14.5 Å². The molecular weight excluding hydrogens is 306 g/mol. The number of carbonyl (C=O) groups excluding carboxylic acids is 1. The Hall–Kier alpha value is -2.18. The Morgan fingerprint density at radius 3 is 2.75 bits per heavy atom. The van der Waals surface area contributed by atoms with E-state index in [2.05, 4.69) is 4.98 Å². The standard InChI is InChI=1S/C18H23N3O3/c1-18(2)12-21(10-16(24-18)11-23-3)17(22)14-4-6-15(7-5-14)20-9-8-19-13-20/h4-9,13,16H,10-12H2,1-3H3/t16-/m0/s1. The second-order valence-corrected chi connectivity index (χ2v) is 6.66. The summed E-state index contributed by atoms with van der Waals surface area (Å²) < 4.78 is 13.1. The zero-order valence-electron chi connectivity index (χ0n) is 14.3. The van der Waals surface area contributed by atoms with Crippen LogP contribution in [0.3, 0.4) is 0 Å². The van der Waals surface area contributed by atoms with E-state index in [9.17, 15) is 4.79 Å². The molecule has 1 aromatic carbocycles. The Balaban J connectivity index is 1.75. The highest BCUT2D eigenvalue weighted by molar-refractivity contribution is 5.94. The molecule has 0 aliphatic carbocycles. The van der Waals surface area contributed by atoms with E-state index in [4.69, 9.17) is 9.47 Å². The summed E-state index contributed by atoms with van der Waals surface area (Å²) in [5.74, 6) is 0.0182. The van der Waals surface area contributed by atoms with Crippen molar-refractivity contribution in [1.29, 1.82) is 0 Å². The SMILES string of the molecule is COC[C@@H]1CN(C(=O)c2ccc(-n3ccnc3)cc2)CC(C)(C)O1. The monoisotopic (exact) mass is 329 g/mol. The fourth-order valence-corrected chi connectivity index (χ4v) is 3.09. The van der Waals surface area contributed by atoms with Gasteiger partial charge < -0.3 is 18.9 Å². The summed E-state index contributed by atoms with van der Waals surface area (Å²) in [5, 5.41) is 0. The van der Waals surface area contributed by atoms with Gasteiger partial charge in [-0.2, -0.15) is 0 Å². The molecule has 0 spiro atoms. The van der Waals surface area contributed by atoms with E-state index in [1.807, 2.05) is 53.8 Å². The van der Waals surface area contributed by atoms with Crippen molar-refractivity contribution in [3.63, 3.8) is 0 Å². The first-order valence-electron chi connectivity index (χ1n) is 8.03. The van der Waals surface area contributed by atoms with Gasteiger partial charge in [-0.3, -0.25) is 4.79 Å². The van der Waals surface area contributed by atoms with Crippen LogP contribution in [0, 0.1) is 0 Å². The molecule has 2 heterocycles. The molecule has 1 saturated heterocycles. The second-order valence-electron chi connectivity index (χ2n) is 6.66. The van der Waals surface area contributed by atoms with Crippen molar-refractivity contribution in [2.75, 3.05) is 26.8 Å². The third-order valence-corrected chi connectivity index (χ3v) is 4.04. The summed E-state index contributed by atoms with van der Waals surface area (Å²) in [6.45, 7) is 5.58. The van der Waals surface area contributed by atoms with E-state index < -0.39 is 0 Å². The Kier molecular flexibility index (Phi) is 4.69. The summed E-state index contributed by atoms with van der Waals surface area (Å²) in [4.78, 5) is 18.7. The highest BCUT2D eigenvalue weighted by Crippen LogP contribution is 2.23. The summed E-state index contributed by atoms with van der Waals surface area (Å²) in [6, 6.07) is 7.55. The number of morpholine rings is 1. The molecule has 1 amide bonds. The van der Waals surface area contributed by atoms with Crippen LogP contribution in [0.4, 0.5) is 0 Å². The second kappa shape index (κ2) is 6.75. The number of aromatic nitrogens is 2. The molecule has 1 fully saturated rings. The summed E-state index contributed by atoms with van der Waals surface area (Å²) >= 11 is 0. The number of carbonyl (C=O) groups is 1. The van der Waals surface area contributed by atoms with E-state index in [0.29, 0.717) is 25.3 Å². The third kappa shape index (κ3) is 3.66. The van der Waals surface area contributed by atoms with Crippen LogP contribution in [-0.4, -0.2) is 58.9 Å².